The van der Waals surface area contributed by atoms with Crippen LogP contribution in [0.5, 0.6) is 0 Å². The Balaban J connectivity index is 1.62. The maximum atomic E-state index is 4.51. The molecule has 2 N–H and O–H groups in total. The number of nitrogens with one attached hydrogen (secondary N) is 2. The van der Waals surface area contributed by atoms with E-state index >= 15 is 0 Å². The molecule has 1 aromatic heterocycles. The van der Waals surface area contributed by atoms with E-state index in [9.17, 15) is 0 Å². The normalized spacial score (nSPS) is 10.5. The first-order chi connectivity index (χ1) is 13.7. The zero-order chi connectivity index (χ0) is 19.8. The number of aryl methyl sites for hydroxylation is 1. The van der Waals surface area contributed by atoms with Crippen molar-refractivity contribution in [3.63, 3.8) is 0 Å². The zero-order valence-electron chi connectivity index (χ0n) is 16.9. The summed E-state index contributed by atoms with van der Waals surface area (Å²) in [6, 6.07) is 20.9. The highest BCUT2D eigenvalue weighted by atomic mass is 15.1. The van der Waals surface area contributed by atoms with Crippen molar-refractivity contribution in [3.8, 4) is 0 Å². The van der Waals surface area contributed by atoms with Crippen LogP contribution >= 0.6 is 0 Å². The Kier molecular flexibility index (Phi) is 6.84. The Morgan fingerprint density at radius 3 is 2.21 bits per heavy atom. The zero-order valence-corrected chi connectivity index (χ0v) is 16.9. The highest BCUT2D eigenvalue weighted by Crippen LogP contribution is 2.21. The van der Waals surface area contributed by atoms with Crippen molar-refractivity contribution in [2.45, 2.75) is 27.2 Å². The van der Waals surface area contributed by atoms with E-state index in [1.807, 2.05) is 19.1 Å². The first-order valence-electron chi connectivity index (χ1n) is 9.93. The molecule has 0 fully saturated rings. The van der Waals surface area contributed by atoms with Crippen LogP contribution in [-0.2, 0) is 6.42 Å². The van der Waals surface area contributed by atoms with Gasteiger partial charge in [0.1, 0.15) is 17.5 Å². The van der Waals surface area contributed by atoms with E-state index in [0.717, 1.165) is 49.2 Å². The van der Waals surface area contributed by atoms with Crippen molar-refractivity contribution in [1.82, 2.24) is 9.97 Å². The molecule has 0 saturated carbocycles. The molecule has 0 amide bonds. The predicted molar refractivity (Wildman–Crippen MR) is 119 cm³/mol. The van der Waals surface area contributed by atoms with Gasteiger partial charge >= 0.3 is 0 Å². The fraction of sp³-hybridized carbons (Fsp3) is 0.304. The van der Waals surface area contributed by atoms with E-state index in [-0.39, 0.29) is 0 Å². The van der Waals surface area contributed by atoms with Crippen molar-refractivity contribution in [2.75, 3.05) is 35.2 Å². The third-order valence-electron chi connectivity index (χ3n) is 4.67. The first kappa shape index (κ1) is 19.7. The lowest BCUT2D eigenvalue weighted by atomic mass is 10.1. The van der Waals surface area contributed by atoms with Crippen LogP contribution in [0.2, 0.25) is 0 Å². The molecule has 0 aliphatic carbocycles. The van der Waals surface area contributed by atoms with Gasteiger partial charge < -0.3 is 15.5 Å². The summed E-state index contributed by atoms with van der Waals surface area (Å²) >= 11 is 0. The molecule has 3 aromatic rings. The van der Waals surface area contributed by atoms with E-state index in [0.29, 0.717) is 0 Å². The molecule has 0 radical (unpaired) electrons. The van der Waals surface area contributed by atoms with Crippen LogP contribution in [0.15, 0.2) is 60.7 Å². The molecule has 0 bridgehead atoms. The molecule has 2 aromatic carbocycles. The summed E-state index contributed by atoms with van der Waals surface area (Å²) in [6.07, 6.45) is 0.958. The maximum absolute atomic E-state index is 4.51. The molecule has 0 saturated heterocycles. The van der Waals surface area contributed by atoms with Gasteiger partial charge in [-0.3, -0.25) is 0 Å². The lowest BCUT2D eigenvalue weighted by Gasteiger charge is -2.21. The Hall–Kier alpha value is -3.08. The molecule has 28 heavy (non-hydrogen) atoms. The van der Waals surface area contributed by atoms with E-state index in [4.69, 9.17) is 0 Å². The van der Waals surface area contributed by atoms with Crippen molar-refractivity contribution in [3.05, 3.63) is 72.1 Å². The van der Waals surface area contributed by atoms with Crippen LogP contribution in [-0.4, -0.2) is 29.6 Å². The van der Waals surface area contributed by atoms with Crippen LogP contribution in [0.3, 0.4) is 0 Å². The minimum absolute atomic E-state index is 0.743. The molecule has 0 aliphatic heterocycles. The van der Waals surface area contributed by atoms with Gasteiger partial charge in [0.2, 0.25) is 0 Å². The average molecular weight is 376 g/mol. The Morgan fingerprint density at radius 1 is 0.857 bits per heavy atom. The van der Waals surface area contributed by atoms with Gasteiger partial charge in [0.05, 0.1) is 0 Å². The van der Waals surface area contributed by atoms with Crippen LogP contribution in [0.4, 0.5) is 23.0 Å². The van der Waals surface area contributed by atoms with Crippen LogP contribution < -0.4 is 15.5 Å². The van der Waals surface area contributed by atoms with E-state index in [1.54, 1.807) is 0 Å². The Morgan fingerprint density at radius 2 is 1.54 bits per heavy atom. The van der Waals surface area contributed by atoms with Crippen LogP contribution in [0.25, 0.3) is 0 Å². The van der Waals surface area contributed by atoms with Gasteiger partial charge in [-0.25, -0.2) is 9.97 Å². The highest BCUT2D eigenvalue weighted by Gasteiger charge is 2.05. The fourth-order valence-electron chi connectivity index (χ4n) is 3.19. The summed E-state index contributed by atoms with van der Waals surface area (Å²) in [5, 5.41) is 6.79. The van der Waals surface area contributed by atoms with Crippen molar-refractivity contribution < 1.29 is 0 Å². The standard InChI is InChI=1S/C23H29N5/c1-4-28(5-2)21-13-11-20(12-14-21)27-23-17-22(25-18(3)26-23)24-16-15-19-9-7-6-8-10-19/h6-14,17H,4-5,15-16H2,1-3H3,(H2,24,25,26,27). The summed E-state index contributed by atoms with van der Waals surface area (Å²) in [6.45, 7) is 9.10. The molecule has 1 heterocycles. The summed E-state index contributed by atoms with van der Waals surface area (Å²) in [4.78, 5) is 11.3. The Bertz CT molecular complexity index is 858. The van der Waals surface area contributed by atoms with E-state index in [1.165, 1.54) is 11.3 Å². The van der Waals surface area contributed by atoms with Crippen LogP contribution in [0.1, 0.15) is 25.2 Å². The highest BCUT2D eigenvalue weighted by molar-refractivity contribution is 5.62. The SMILES string of the molecule is CCN(CC)c1ccc(Nc2cc(NCCc3ccccc3)nc(C)n2)cc1. The average Bonchev–Trinajstić information content (AvgIpc) is 2.71. The molecule has 0 atom stereocenters. The minimum atomic E-state index is 0.743. The molecule has 5 heteroatoms. The lowest BCUT2D eigenvalue weighted by Crippen LogP contribution is -2.21. The smallest absolute Gasteiger partial charge is 0.136 e. The van der Waals surface area contributed by atoms with Crippen LogP contribution in [0, 0.1) is 6.92 Å². The first-order valence-corrected chi connectivity index (χ1v) is 9.93. The number of hydrogen-bond acceptors (Lipinski definition) is 5. The molecule has 0 spiro atoms. The largest absolute Gasteiger partial charge is 0.372 e. The second-order valence-electron chi connectivity index (χ2n) is 6.69. The van der Waals surface area contributed by atoms with Crippen molar-refractivity contribution in [1.29, 1.82) is 0 Å². The monoisotopic (exact) mass is 375 g/mol. The Labute approximate surface area is 167 Å². The van der Waals surface area contributed by atoms with Crippen molar-refractivity contribution in [2.24, 2.45) is 0 Å². The number of hydrogen-bond donors (Lipinski definition) is 2. The molecule has 5 nitrogen and oxygen atoms in total. The molecule has 146 valence electrons. The molecule has 0 aliphatic rings. The fourth-order valence-corrected chi connectivity index (χ4v) is 3.19. The van der Waals surface area contributed by atoms with Gasteiger partial charge in [0.15, 0.2) is 0 Å². The van der Waals surface area contributed by atoms with Gasteiger partial charge in [-0.15, -0.1) is 0 Å². The third kappa shape index (κ3) is 5.46. The molecular weight excluding hydrogens is 346 g/mol. The molecule has 3 rings (SSSR count). The summed E-state index contributed by atoms with van der Waals surface area (Å²) in [7, 11) is 0. The number of nitrogens with zero attached hydrogens (tertiary/aromatic N) is 3. The maximum Gasteiger partial charge on any atom is 0.136 e. The van der Waals surface area contributed by atoms with Gasteiger partial charge in [0.25, 0.3) is 0 Å². The topological polar surface area (TPSA) is 53.1 Å². The summed E-state index contributed by atoms with van der Waals surface area (Å²) in [5.41, 5.74) is 3.56. The molecule has 0 unspecified atom stereocenters. The number of rotatable bonds is 9. The van der Waals surface area contributed by atoms with E-state index < -0.39 is 0 Å². The lowest BCUT2D eigenvalue weighted by molar-refractivity contribution is 0.866. The number of benzene rings is 2. The van der Waals surface area contributed by atoms with Gasteiger partial charge in [-0.2, -0.15) is 0 Å². The summed E-state index contributed by atoms with van der Waals surface area (Å²) in [5.74, 6) is 2.38. The van der Waals surface area contributed by atoms with E-state index in [2.05, 4.69) is 87.9 Å². The number of aromatic nitrogens is 2. The summed E-state index contributed by atoms with van der Waals surface area (Å²) < 4.78 is 0. The minimum Gasteiger partial charge on any atom is -0.372 e. The second-order valence-corrected chi connectivity index (χ2v) is 6.69. The number of anilines is 4. The van der Waals surface area contributed by atoms with Gasteiger partial charge in [0, 0.05) is 37.1 Å². The van der Waals surface area contributed by atoms with Gasteiger partial charge in [-0.1, -0.05) is 30.3 Å². The predicted octanol–water partition coefficient (Wildman–Crippen LogP) is 5.03. The molecular formula is C23H29N5. The van der Waals surface area contributed by atoms with Gasteiger partial charge in [-0.05, 0) is 57.0 Å². The van der Waals surface area contributed by atoms with Crippen molar-refractivity contribution >= 4 is 23.0 Å². The quantitative estimate of drug-likeness (QED) is 0.549. The third-order valence-corrected chi connectivity index (χ3v) is 4.67. The second kappa shape index (κ2) is 9.74.